The molecule has 2 aromatic rings. The minimum atomic E-state index is -0.389. The largest absolute Gasteiger partial charge is 0.275 e. The van der Waals surface area contributed by atoms with Gasteiger partial charge in [0.1, 0.15) is 0 Å². The first-order chi connectivity index (χ1) is 6.58. The molecule has 0 saturated heterocycles. The lowest BCUT2D eigenvalue weighted by Crippen LogP contribution is -1.78. The molecule has 1 heterocycles. The predicted molar refractivity (Wildman–Crippen MR) is 64.4 cm³/mol. The average Bonchev–Trinajstić information content (AvgIpc) is 2.48. The zero-order chi connectivity index (χ0) is 10.3. The van der Waals surface area contributed by atoms with Gasteiger partial charge in [0.25, 0.3) is 5.24 Å². The highest BCUT2D eigenvalue weighted by Crippen LogP contribution is 2.31. The van der Waals surface area contributed by atoms with Crippen molar-refractivity contribution in [3.05, 3.63) is 33.1 Å². The summed E-state index contributed by atoms with van der Waals surface area (Å²) in [5.74, 6) is 0. The van der Waals surface area contributed by atoms with E-state index in [4.69, 9.17) is 11.6 Å². The Kier molecular flexibility index (Phi) is 2.64. The van der Waals surface area contributed by atoms with Crippen molar-refractivity contribution < 1.29 is 4.79 Å². The Morgan fingerprint density at radius 1 is 1.43 bits per heavy atom. The van der Waals surface area contributed by atoms with Crippen molar-refractivity contribution in [2.24, 2.45) is 0 Å². The van der Waals surface area contributed by atoms with Crippen LogP contribution in [-0.2, 0) is 0 Å². The second-order valence-corrected chi connectivity index (χ2v) is 5.30. The number of aryl methyl sites for hydroxylation is 1. The van der Waals surface area contributed by atoms with Crippen molar-refractivity contribution in [2.45, 2.75) is 6.92 Å². The van der Waals surface area contributed by atoms with Crippen LogP contribution < -0.4 is 0 Å². The molecule has 0 spiro atoms. The minimum Gasteiger partial charge on any atom is -0.275 e. The van der Waals surface area contributed by atoms with E-state index >= 15 is 0 Å². The quantitative estimate of drug-likeness (QED) is 0.713. The average molecular weight is 290 g/mol. The molecule has 0 aliphatic carbocycles. The van der Waals surface area contributed by atoms with Gasteiger partial charge >= 0.3 is 0 Å². The molecule has 72 valence electrons. The van der Waals surface area contributed by atoms with Crippen LogP contribution in [0.3, 0.4) is 0 Å². The van der Waals surface area contributed by atoms with E-state index in [0.717, 1.165) is 20.1 Å². The molecule has 0 amide bonds. The van der Waals surface area contributed by atoms with Gasteiger partial charge in [-0.15, -0.1) is 11.3 Å². The second kappa shape index (κ2) is 3.65. The summed E-state index contributed by atoms with van der Waals surface area (Å²) in [5, 5.41) is 0.680. The molecule has 0 fully saturated rings. The monoisotopic (exact) mass is 288 g/mol. The van der Waals surface area contributed by atoms with E-state index in [9.17, 15) is 4.79 Å². The van der Waals surface area contributed by atoms with E-state index in [1.165, 1.54) is 11.3 Å². The van der Waals surface area contributed by atoms with Crippen LogP contribution in [0.5, 0.6) is 0 Å². The highest BCUT2D eigenvalue weighted by atomic mass is 79.9. The molecule has 2 rings (SSSR count). The lowest BCUT2D eigenvalue weighted by Gasteiger charge is -1.96. The summed E-state index contributed by atoms with van der Waals surface area (Å²) in [5.41, 5.74) is 1.16. The lowest BCUT2D eigenvalue weighted by molar-refractivity contribution is 0.108. The highest BCUT2D eigenvalue weighted by Gasteiger charge is 2.08. The van der Waals surface area contributed by atoms with E-state index in [-0.39, 0.29) is 5.24 Å². The first-order valence-corrected chi connectivity index (χ1v) is 5.96. The summed E-state index contributed by atoms with van der Waals surface area (Å²) >= 11 is 10.3. The van der Waals surface area contributed by atoms with Gasteiger partial charge in [-0.1, -0.05) is 15.9 Å². The van der Waals surface area contributed by atoms with Crippen molar-refractivity contribution in [1.29, 1.82) is 0 Å². The molecule has 0 N–H and O–H groups in total. The van der Waals surface area contributed by atoms with Gasteiger partial charge in [0.15, 0.2) is 0 Å². The van der Waals surface area contributed by atoms with Gasteiger partial charge in [0.05, 0.1) is 4.88 Å². The van der Waals surface area contributed by atoms with Crippen LogP contribution in [0, 0.1) is 6.92 Å². The Bertz CT molecular complexity index is 479. The zero-order valence-corrected chi connectivity index (χ0v) is 10.5. The van der Waals surface area contributed by atoms with Gasteiger partial charge in [0.2, 0.25) is 0 Å². The molecule has 0 aliphatic heterocycles. The number of rotatable bonds is 1. The SMILES string of the molecule is Cc1cc2cc(C(=O)Cl)sc2cc1Br. The summed E-state index contributed by atoms with van der Waals surface area (Å²) in [6.07, 6.45) is 0. The Hall–Kier alpha value is -0.380. The number of fused-ring (bicyclic) bond motifs is 1. The van der Waals surface area contributed by atoms with E-state index in [1.54, 1.807) is 0 Å². The number of benzene rings is 1. The van der Waals surface area contributed by atoms with E-state index in [1.807, 2.05) is 25.1 Å². The first-order valence-electron chi connectivity index (χ1n) is 3.97. The van der Waals surface area contributed by atoms with Gasteiger partial charge in [0, 0.05) is 9.17 Å². The Morgan fingerprint density at radius 2 is 2.14 bits per heavy atom. The summed E-state index contributed by atoms with van der Waals surface area (Å²) in [7, 11) is 0. The van der Waals surface area contributed by atoms with Gasteiger partial charge in [-0.25, -0.2) is 0 Å². The van der Waals surface area contributed by atoms with Gasteiger partial charge in [-0.2, -0.15) is 0 Å². The normalized spacial score (nSPS) is 10.8. The van der Waals surface area contributed by atoms with E-state index in [0.29, 0.717) is 4.88 Å². The Balaban J connectivity index is 2.72. The fourth-order valence-electron chi connectivity index (χ4n) is 1.27. The van der Waals surface area contributed by atoms with Crippen molar-refractivity contribution in [1.82, 2.24) is 0 Å². The maximum atomic E-state index is 10.9. The van der Waals surface area contributed by atoms with Crippen LogP contribution in [0.2, 0.25) is 0 Å². The molecule has 0 bridgehead atoms. The smallest absolute Gasteiger partial charge is 0.262 e. The number of hydrogen-bond acceptors (Lipinski definition) is 2. The summed E-state index contributed by atoms with van der Waals surface area (Å²) in [6, 6.07) is 5.88. The molecule has 0 radical (unpaired) electrons. The zero-order valence-electron chi connectivity index (χ0n) is 7.30. The van der Waals surface area contributed by atoms with Crippen molar-refractivity contribution in [2.75, 3.05) is 0 Å². The van der Waals surface area contributed by atoms with E-state index in [2.05, 4.69) is 15.9 Å². The number of thiophene rings is 1. The third-order valence-electron chi connectivity index (χ3n) is 1.99. The molecular formula is C10H6BrClOS. The molecule has 4 heteroatoms. The molecule has 14 heavy (non-hydrogen) atoms. The topological polar surface area (TPSA) is 17.1 Å². The number of halogens is 2. The fourth-order valence-corrected chi connectivity index (χ4v) is 2.85. The van der Waals surface area contributed by atoms with Crippen molar-refractivity contribution in [3.63, 3.8) is 0 Å². The van der Waals surface area contributed by atoms with Crippen LogP contribution in [0.25, 0.3) is 10.1 Å². The molecule has 1 aromatic heterocycles. The third-order valence-corrected chi connectivity index (χ3v) is 4.26. The Morgan fingerprint density at radius 3 is 2.79 bits per heavy atom. The van der Waals surface area contributed by atoms with E-state index < -0.39 is 0 Å². The molecule has 0 saturated carbocycles. The van der Waals surface area contributed by atoms with Crippen LogP contribution >= 0.6 is 38.9 Å². The maximum absolute atomic E-state index is 10.9. The summed E-state index contributed by atoms with van der Waals surface area (Å²) < 4.78 is 2.13. The molecule has 1 aromatic carbocycles. The van der Waals surface area contributed by atoms with Crippen LogP contribution in [0.15, 0.2) is 22.7 Å². The minimum absolute atomic E-state index is 0.389. The number of carbonyl (C=O) groups excluding carboxylic acids is 1. The fraction of sp³-hybridized carbons (Fsp3) is 0.100. The highest BCUT2D eigenvalue weighted by molar-refractivity contribution is 9.10. The van der Waals surface area contributed by atoms with Crippen molar-refractivity contribution in [3.8, 4) is 0 Å². The molecule has 0 atom stereocenters. The molecule has 0 aliphatic rings. The number of hydrogen-bond donors (Lipinski definition) is 0. The standard InChI is InChI=1S/C10H6BrClOS/c1-5-2-6-3-9(10(12)13)14-8(6)4-7(5)11/h2-4H,1H3. The van der Waals surface area contributed by atoms with Gasteiger partial charge in [-0.05, 0) is 47.7 Å². The lowest BCUT2D eigenvalue weighted by atomic mass is 10.2. The summed E-state index contributed by atoms with van der Waals surface area (Å²) in [4.78, 5) is 11.5. The maximum Gasteiger partial charge on any atom is 0.262 e. The van der Waals surface area contributed by atoms with Crippen LogP contribution in [-0.4, -0.2) is 5.24 Å². The molecule has 0 unspecified atom stereocenters. The molecular weight excluding hydrogens is 284 g/mol. The second-order valence-electron chi connectivity index (χ2n) is 3.02. The van der Waals surface area contributed by atoms with Gasteiger partial charge in [-0.3, -0.25) is 4.79 Å². The Labute approximate surface area is 98.8 Å². The molecule has 1 nitrogen and oxygen atoms in total. The number of carbonyl (C=O) groups is 1. The van der Waals surface area contributed by atoms with Crippen LogP contribution in [0.1, 0.15) is 15.2 Å². The third kappa shape index (κ3) is 1.72. The van der Waals surface area contributed by atoms with Crippen LogP contribution in [0.4, 0.5) is 0 Å². The van der Waals surface area contributed by atoms with Crippen molar-refractivity contribution >= 4 is 54.2 Å². The first kappa shape index (κ1) is 10.1. The van der Waals surface area contributed by atoms with Gasteiger partial charge < -0.3 is 0 Å². The predicted octanol–water partition coefficient (Wildman–Crippen LogP) is 4.35. The summed E-state index contributed by atoms with van der Waals surface area (Å²) in [6.45, 7) is 2.02.